The average molecular weight is 1030 g/mol. The van der Waals surface area contributed by atoms with Crippen LogP contribution in [0, 0.1) is 24.5 Å². The summed E-state index contributed by atoms with van der Waals surface area (Å²) in [6.45, 7) is 23.7. The predicted octanol–water partition coefficient (Wildman–Crippen LogP) is 14.7. The van der Waals surface area contributed by atoms with Crippen LogP contribution in [0.2, 0.25) is 19.6 Å². The standard InChI is InChI=1S/C37H32N3O.C19H26NSi.Ir/c1-22(2)29-20-27(25-11-7-6-8-12-25)21-30(23(3)4)35(29)40-33-14-10-9-13-32(33)39-36(40)26-16-18-34-31(19-26)28-17-15-24(5)38-37(28)41-34;1-19(2,3)13-16-12-17(15-10-8-7-9-11-15)20-14-18(16)21(4,5)6;/h6-15,17-23H,1-5H3;7-10,12,14H,13H2,1-6H3;/q2*-1;/i;13D2;. The fraction of sp³-hybridized carbons (Fsp3) is 0.268. The minimum atomic E-state index is -1.70. The van der Waals surface area contributed by atoms with E-state index in [0.29, 0.717) is 17.5 Å². The van der Waals surface area contributed by atoms with Gasteiger partial charge in [0, 0.05) is 45.8 Å². The number of fused-ring (bicyclic) bond motifs is 4. The van der Waals surface area contributed by atoms with Gasteiger partial charge in [0.25, 0.3) is 0 Å². The van der Waals surface area contributed by atoms with Crippen LogP contribution in [0.25, 0.3) is 72.6 Å². The summed E-state index contributed by atoms with van der Waals surface area (Å²) in [5.74, 6) is 1.48. The first-order valence-corrected chi connectivity index (χ1v) is 25.2. The SMILES string of the molecule is Cc1ccc2c(n1)oc1c[c-]c(-c3nc4ccccc4n3-c3c(C(C)C)cc(-c4ccccc4)cc3C(C)C)cc12.[2H]C([2H])(c1cc(-c2[c-]cccc2)ncc1[Si](C)(C)C)C(C)(C)C.[Ir]. The summed E-state index contributed by atoms with van der Waals surface area (Å²) >= 11 is 0. The summed E-state index contributed by atoms with van der Waals surface area (Å²) in [6.07, 6.45) is 0.469. The van der Waals surface area contributed by atoms with Gasteiger partial charge < -0.3 is 14.0 Å². The van der Waals surface area contributed by atoms with Crippen molar-refractivity contribution in [3.8, 4) is 39.5 Å². The Morgan fingerprint density at radius 2 is 1.43 bits per heavy atom. The van der Waals surface area contributed by atoms with Gasteiger partial charge in [0.1, 0.15) is 0 Å². The predicted molar refractivity (Wildman–Crippen MR) is 263 cm³/mol. The van der Waals surface area contributed by atoms with Gasteiger partial charge in [-0.15, -0.1) is 59.7 Å². The molecule has 0 spiro atoms. The molecule has 9 aromatic rings. The number of pyridine rings is 2. The molecule has 0 N–H and O–H groups in total. The molecule has 0 saturated heterocycles. The van der Waals surface area contributed by atoms with Crippen molar-refractivity contribution in [1.82, 2.24) is 19.5 Å². The molecule has 5 nitrogen and oxygen atoms in total. The molecular formula is C56H58IrN4OSi-2. The Hall–Kier alpha value is -5.46. The molecule has 0 atom stereocenters. The third-order valence-corrected chi connectivity index (χ3v) is 13.2. The van der Waals surface area contributed by atoms with Gasteiger partial charge in [0.15, 0.2) is 0 Å². The van der Waals surface area contributed by atoms with Gasteiger partial charge in [-0.2, -0.15) is 0 Å². The Labute approximate surface area is 391 Å². The molecule has 7 heteroatoms. The van der Waals surface area contributed by atoms with Crippen LogP contribution in [0.15, 0.2) is 132 Å². The second kappa shape index (κ2) is 18.3. The van der Waals surface area contributed by atoms with Gasteiger partial charge in [-0.25, -0.2) is 4.98 Å². The molecule has 4 heterocycles. The maximum absolute atomic E-state index is 8.75. The number of furan rings is 1. The second-order valence-electron chi connectivity index (χ2n) is 19.0. The summed E-state index contributed by atoms with van der Waals surface area (Å²) in [7, 11) is -1.70. The molecular weight excluding hydrogens is 965 g/mol. The van der Waals surface area contributed by atoms with E-state index in [1.807, 2.05) is 76.4 Å². The maximum atomic E-state index is 8.75. The van der Waals surface area contributed by atoms with Crippen LogP contribution in [0.5, 0.6) is 0 Å². The third-order valence-electron chi connectivity index (χ3n) is 11.2. The molecule has 9 rings (SSSR count). The number of benzene rings is 5. The van der Waals surface area contributed by atoms with E-state index >= 15 is 0 Å². The Balaban J connectivity index is 0.000000225. The number of para-hydroxylation sites is 2. The summed E-state index contributed by atoms with van der Waals surface area (Å²) in [5.41, 5.74) is 13.6. The molecule has 1 radical (unpaired) electrons. The number of hydrogen-bond donors (Lipinski definition) is 0. The molecule has 323 valence electrons. The molecule has 0 amide bonds. The van der Waals surface area contributed by atoms with E-state index in [4.69, 9.17) is 12.1 Å². The van der Waals surface area contributed by atoms with Crippen LogP contribution in [-0.2, 0) is 26.5 Å². The van der Waals surface area contributed by atoms with E-state index < -0.39 is 19.9 Å². The number of aryl methyl sites for hydroxylation is 1. The van der Waals surface area contributed by atoms with Gasteiger partial charge >= 0.3 is 0 Å². The molecule has 0 unspecified atom stereocenters. The second-order valence-corrected chi connectivity index (χ2v) is 24.0. The number of nitrogens with zero attached hydrogens (tertiary/aromatic N) is 4. The monoisotopic (exact) mass is 1030 g/mol. The molecule has 4 aromatic heterocycles. The molecule has 0 fully saturated rings. The van der Waals surface area contributed by atoms with Crippen molar-refractivity contribution < 1.29 is 27.3 Å². The quantitative estimate of drug-likeness (QED) is 0.112. The fourth-order valence-corrected chi connectivity index (χ4v) is 9.53. The van der Waals surface area contributed by atoms with Crippen molar-refractivity contribution >= 4 is 46.4 Å². The minimum Gasteiger partial charge on any atom is -0.486 e. The van der Waals surface area contributed by atoms with E-state index in [-0.39, 0.29) is 20.1 Å². The van der Waals surface area contributed by atoms with Crippen molar-refractivity contribution in [2.75, 3.05) is 0 Å². The van der Waals surface area contributed by atoms with Crippen LogP contribution in [0.3, 0.4) is 0 Å². The van der Waals surface area contributed by atoms with Gasteiger partial charge in [-0.1, -0.05) is 128 Å². The largest absolute Gasteiger partial charge is 0.486 e. The summed E-state index contributed by atoms with van der Waals surface area (Å²) in [5, 5.41) is 3.12. The van der Waals surface area contributed by atoms with E-state index in [9.17, 15) is 0 Å². The zero-order valence-electron chi connectivity index (χ0n) is 40.3. The first kappa shape index (κ1) is 42.8. The van der Waals surface area contributed by atoms with Gasteiger partial charge in [-0.05, 0) is 100 Å². The Kier molecular flexibility index (Phi) is 12.5. The normalized spacial score (nSPS) is 12.7. The number of rotatable bonds is 8. The van der Waals surface area contributed by atoms with E-state index in [1.54, 1.807) is 0 Å². The van der Waals surface area contributed by atoms with Crippen molar-refractivity contribution in [3.05, 3.63) is 162 Å². The van der Waals surface area contributed by atoms with Crippen LogP contribution in [0.1, 0.15) is 85.4 Å². The number of imidazole rings is 1. The summed E-state index contributed by atoms with van der Waals surface area (Å²) in [6, 6.07) is 48.3. The molecule has 0 saturated carbocycles. The van der Waals surface area contributed by atoms with Crippen molar-refractivity contribution in [2.24, 2.45) is 5.41 Å². The van der Waals surface area contributed by atoms with Gasteiger partial charge in [0.2, 0.25) is 5.71 Å². The zero-order valence-corrected chi connectivity index (χ0v) is 41.7. The number of aromatic nitrogens is 4. The van der Waals surface area contributed by atoms with Crippen molar-refractivity contribution in [3.63, 3.8) is 0 Å². The molecule has 0 bridgehead atoms. The third kappa shape index (κ3) is 9.72. The Morgan fingerprint density at radius 3 is 2.08 bits per heavy atom. The summed E-state index contributed by atoms with van der Waals surface area (Å²) < 4.78 is 25.9. The fourth-order valence-electron chi connectivity index (χ4n) is 8.13. The molecule has 0 aliphatic carbocycles. The zero-order chi connectivity index (χ0) is 45.7. The van der Waals surface area contributed by atoms with E-state index in [2.05, 4.69) is 153 Å². The smallest absolute Gasteiger partial charge is 0.216 e. The van der Waals surface area contributed by atoms with Gasteiger partial charge in [0.05, 0.1) is 30.5 Å². The first-order chi connectivity index (χ1) is 30.3. The molecule has 0 aliphatic heterocycles. The Morgan fingerprint density at radius 1 is 0.746 bits per heavy atom. The van der Waals surface area contributed by atoms with Crippen molar-refractivity contribution in [1.29, 1.82) is 0 Å². The van der Waals surface area contributed by atoms with Gasteiger partial charge in [-0.3, -0.25) is 4.98 Å². The topological polar surface area (TPSA) is 56.7 Å². The molecule has 63 heavy (non-hydrogen) atoms. The van der Waals surface area contributed by atoms with Crippen LogP contribution < -0.4 is 5.19 Å². The van der Waals surface area contributed by atoms with E-state index in [1.165, 1.54) is 27.9 Å². The maximum Gasteiger partial charge on any atom is 0.216 e. The van der Waals surface area contributed by atoms with Crippen LogP contribution >= 0.6 is 0 Å². The summed E-state index contributed by atoms with van der Waals surface area (Å²) in [4.78, 5) is 14.4. The van der Waals surface area contributed by atoms with E-state index in [0.717, 1.165) is 66.5 Å². The molecule has 5 aromatic carbocycles. The minimum absolute atomic E-state index is 0. The average Bonchev–Trinajstić information content (AvgIpc) is 3.83. The number of hydrogen-bond acceptors (Lipinski definition) is 4. The Bertz CT molecular complexity index is 3100. The molecule has 0 aliphatic rings. The van der Waals surface area contributed by atoms with Crippen molar-refractivity contribution in [2.45, 2.75) is 93.2 Å². The van der Waals surface area contributed by atoms with Crippen LogP contribution in [-0.4, -0.2) is 27.6 Å². The van der Waals surface area contributed by atoms with Crippen LogP contribution in [0.4, 0.5) is 0 Å². The first-order valence-electron chi connectivity index (χ1n) is 22.7.